The number of nitrogens with one attached hydrogen (secondary N) is 2. The number of nitrogens with zero attached hydrogens (tertiary/aromatic N) is 1. The van der Waals surface area contributed by atoms with Gasteiger partial charge in [0.2, 0.25) is 0 Å². The van der Waals surface area contributed by atoms with Crippen molar-refractivity contribution in [1.82, 2.24) is 15.5 Å². The zero-order valence-electron chi connectivity index (χ0n) is 10.7. The van der Waals surface area contributed by atoms with E-state index in [9.17, 15) is 5.11 Å². The van der Waals surface area contributed by atoms with Gasteiger partial charge in [0.15, 0.2) is 0 Å². The van der Waals surface area contributed by atoms with E-state index in [0.29, 0.717) is 11.8 Å². The third-order valence-electron chi connectivity index (χ3n) is 3.03. The summed E-state index contributed by atoms with van der Waals surface area (Å²) in [5.41, 5.74) is 2.37. The third-order valence-corrected chi connectivity index (χ3v) is 3.03. The molecule has 2 atom stereocenters. The van der Waals surface area contributed by atoms with Crippen molar-refractivity contribution in [3.05, 3.63) is 47.8 Å². The van der Waals surface area contributed by atoms with Gasteiger partial charge < -0.3 is 10.4 Å². The highest BCUT2D eigenvalue weighted by atomic mass is 16.3. The monoisotopic (exact) mass is 245 g/mol. The Hall–Kier alpha value is -1.81. The van der Waals surface area contributed by atoms with Crippen molar-refractivity contribution in [1.29, 1.82) is 0 Å². The lowest BCUT2D eigenvalue weighted by Crippen LogP contribution is -2.30. The first-order valence-electron chi connectivity index (χ1n) is 6.18. The van der Waals surface area contributed by atoms with Gasteiger partial charge in [0.05, 0.1) is 6.20 Å². The van der Waals surface area contributed by atoms with Crippen LogP contribution in [0.4, 0.5) is 0 Å². The molecule has 0 bridgehead atoms. The summed E-state index contributed by atoms with van der Waals surface area (Å²) in [7, 11) is 0. The molecule has 1 aromatic carbocycles. The molecule has 96 valence electrons. The van der Waals surface area contributed by atoms with Gasteiger partial charge >= 0.3 is 0 Å². The highest BCUT2D eigenvalue weighted by molar-refractivity contribution is 5.26. The average Bonchev–Trinajstić information content (AvgIpc) is 2.85. The van der Waals surface area contributed by atoms with E-state index in [-0.39, 0.29) is 6.04 Å². The summed E-state index contributed by atoms with van der Waals surface area (Å²) < 4.78 is 0. The third kappa shape index (κ3) is 3.34. The molecule has 0 fully saturated rings. The maximum Gasteiger partial charge on any atom is 0.115 e. The van der Waals surface area contributed by atoms with Gasteiger partial charge in [-0.2, -0.15) is 5.10 Å². The maximum absolute atomic E-state index is 9.24. The molecule has 1 heterocycles. The number of phenolic OH excluding ortho intramolecular Hbond substituents is 1. The van der Waals surface area contributed by atoms with Crippen molar-refractivity contribution in [2.75, 3.05) is 0 Å². The molecule has 0 saturated heterocycles. The second kappa shape index (κ2) is 5.69. The molecule has 0 amide bonds. The fourth-order valence-electron chi connectivity index (χ4n) is 2.07. The quantitative estimate of drug-likeness (QED) is 0.758. The summed E-state index contributed by atoms with van der Waals surface area (Å²) in [6, 6.07) is 7.99. The van der Waals surface area contributed by atoms with Crippen molar-refractivity contribution in [3.8, 4) is 5.75 Å². The Morgan fingerprint density at radius 2 is 2.00 bits per heavy atom. The van der Waals surface area contributed by atoms with E-state index in [4.69, 9.17) is 0 Å². The lowest BCUT2D eigenvalue weighted by atomic mass is 10.1. The number of aromatic amines is 1. The molecule has 0 spiro atoms. The minimum absolute atomic E-state index is 0.274. The molecule has 4 nitrogen and oxygen atoms in total. The van der Waals surface area contributed by atoms with Gasteiger partial charge in [0, 0.05) is 23.8 Å². The molecule has 18 heavy (non-hydrogen) atoms. The Morgan fingerprint density at radius 3 is 2.61 bits per heavy atom. The van der Waals surface area contributed by atoms with Crippen LogP contribution in [0.5, 0.6) is 5.75 Å². The molecular weight excluding hydrogens is 226 g/mol. The molecular formula is C14H19N3O. The normalized spacial score (nSPS) is 14.3. The number of H-pyrrole nitrogens is 1. The summed E-state index contributed by atoms with van der Waals surface area (Å²) in [5.74, 6) is 0.311. The van der Waals surface area contributed by atoms with E-state index in [1.165, 1.54) is 5.56 Å². The van der Waals surface area contributed by atoms with Crippen molar-refractivity contribution in [2.24, 2.45) is 0 Å². The van der Waals surface area contributed by atoms with Gasteiger partial charge in [-0.1, -0.05) is 12.1 Å². The number of phenols is 1. The number of rotatable bonds is 5. The standard InChI is InChI=1S/C14H19N3O/c1-10(7-12-3-5-14(18)6-4-12)17-11(2)13-8-15-16-9-13/h3-6,8-11,17-18H,7H2,1-2H3,(H,15,16). The van der Waals surface area contributed by atoms with Crippen LogP contribution in [-0.4, -0.2) is 21.3 Å². The molecule has 0 radical (unpaired) electrons. The zero-order valence-corrected chi connectivity index (χ0v) is 10.7. The minimum Gasteiger partial charge on any atom is -0.508 e. The lowest BCUT2D eigenvalue weighted by Gasteiger charge is -2.19. The Morgan fingerprint density at radius 1 is 1.28 bits per heavy atom. The van der Waals surface area contributed by atoms with Crippen LogP contribution in [0, 0.1) is 0 Å². The first kappa shape index (κ1) is 12.6. The van der Waals surface area contributed by atoms with Crippen LogP contribution in [-0.2, 0) is 6.42 Å². The summed E-state index contributed by atoms with van der Waals surface area (Å²) in [5, 5.41) is 19.5. The molecule has 1 aromatic heterocycles. The fourth-order valence-corrected chi connectivity index (χ4v) is 2.07. The van der Waals surface area contributed by atoms with Crippen molar-refractivity contribution in [3.63, 3.8) is 0 Å². The Bertz CT molecular complexity index is 464. The fraction of sp³-hybridized carbons (Fsp3) is 0.357. The topological polar surface area (TPSA) is 60.9 Å². The molecule has 0 aliphatic heterocycles. The van der Waals surface area contributed by atoms with Gasteiger partial charge in [0.1, 0.15) is 5.75 Å². The predicted octanol–water partition coefficient (Wildman–Crippen LogP) is 2.40. The summed E-state index contributed by atoms with van der Waals surface area (Å²) in [6.07, 6.45) is 4.68. The van der Waals surface area contributed by atoms with Gasteiger partial charge in [-0.25, -0.2) is 0 Å². The van der Waals surface area contributed by atoms with E-state index in [1.54, 1.807) is 12.1 Å². The molecule has 2 rings (SSSR count). The molecule has 2 unspecified atom stereocenters. The first-order valence-corrected chi connectivity index (χ1v) is 6.18. The molecule has 3 N–H and O–H groups in total. The predicted molar refractivity (Wildman–Crippen MR) is 71.4 cm³/mol. The number of aromatic hydroxyl groups is 1. The lowest BCUT2D eigenvalue weighted by molar-refractivity contribution is 0.470. The van der Waals surface area contributed by atoms with Gasteiger partial charge in [-0.15, -0.1) is 0 Å². The van der Waals surface area contributed by atoms with Crippen LogP contribution < -0.4 is 5.32 Å². The molecule has 2 aromatic rings. The summed E-state index contributed by atoms with van der Waals surface area (Å²) in [6.45, 7) is 4.28. The van der Waals surface area contributed by atoms with Crippen molar-refractivity contribution in [2.45, 2.75) is 32.4 Å². The largest absolute Gasteiger partial charge is 0.508 e. The number of hydrogen-bond acceptors (Lipinski definition) is 3. The highest BCUT2D eigenvalue weighted by Gasteiger charge is 2.10. The van der Waals surface area contributed by atoms with Crippen LogP contribution in [0.2, 0.25) is 0 Å². The van der Waals surface area contributed by atoms with E-state index >= 15 is 0 Å². The van der Waals surface area contributed by atoms with Crippen LogP contribution in [0.15, 0.2) is 36.7 Å². The van der Waals surface area contributed by atoms with E-state index in [2.05, 4.69) is 29.4 Å². The Kier molecular flexibility index (Phi) is 3.99. The van der Waals surface area contributed by atoms with Gasteiger partial charge in [-0.3, -0.25) is 5.10 Å². The average molecular weight is 245 g/mol. The molecule has 0 saturated carbocycles. The van der Waals surface area contributed by atoms with Crippen LogP contribution in [0.1, 0.15) is 31.0 Å². The summed E-state index contributed by atoms with van der Waals surface area (Å²) >= 11 is 0. The highest BCUT2D eigenvalue weighted by Crippen LogP contribution is 2.14. The molecule has 0 aliphatic carbocycles. The second-order valence-corrected chi connectivity index (χ2v) is 4.69. The maximum atomic E-state index is 9.24. The second-order valence-electron chi connectivity index (χ2n) is 4.69. The summed E-state index contributed by atoms with van der Waals surface area (Å²) in [4.78, 5) is 0. The minimum atomic E-state index is 0.274. The van der Waals surface area contributed by atoms with Crippen LogP contribution >= 0.6 is 0 Å². The zero-order chi connectivity index (χ0) is 13.0. The van der Waals surface area contributed by atoms with Gasteiger partial charge in [0.25, 0.3) is 0 Å². The van der Waals surface area contributed by atoms with Crippen LogP contribution in [0.25, 0.3) is 0 Å². The number of hydrogen-bond donors (Lipinski definition) is 3. The SMILES string of the molecule is CC(Cc1ccc(O)cc1)NC(C)c1cn[nH]c1. The van der Waals surface area contributed by atoms with Crippen LogP contribution in [0.3, 0.4) is 0 Å². The van der Waals surface area contributed by atoms with Gasteiger partial charge in [-0.05, 0) is 38.0 Å². The van der Waals surface area contributed by atoms with Crippen molar-refractivity contribution >= 4 is 0 Å². The Labute approximate surface area is 107 Å². The van der Waals surface area contributed by atoms with E-state index in [0.717, 1.165) is 12.0 Å². The van der Waals surface area contributed by atoms with E-state index in [1.807, 2.05) is 24.5 Å². The molecule has 0 aliphatic rings. The smallest absolute Gasteiger partial charge is 0.115 e. The molecule has 4 heteroatoms. The van der Waals surface area contributed by atoms with E-state index < -0.39 is 0 Å². The number of benzene rings is 1. The Balaban J connectivity index is 1.88. The first-order chi connectivity index (χ1) is 8.65. The van der Waals surface area contributed by atoms with Crippen molar-refractivity contribution < 1.29 is 5.11 Å². The number of aromatic nitrogens is 2.